The van der Waals surface area contributed by atoms with Crippen LogP contribution in [0.2, 0.25) is 0 Å². The van der Waals surface area contributed by atoms with Crippen LogP contribution in [0.4, 0.5) is 5.69 Å². The first-order valence-corrected chi connectivity index (χ1v) is 5.61. The van der Waals surface area contributed by atoms with Crippen molar-refractivity contribution in [2.75, 3.05) is 11.4 Å². The molecule has 1 aromatic heterocycles. The predicted molar refractivity (Wildman–Crippen MR) is 63.0 cm³/mol. The summed E-state index contributed by atoms with van der Waals surface area (Å²) in [7, 11) is 2.07. The van der Waals surface area contributed by atoms with Gasteiger partial charge in [-0.3, -0.25) is 5.10 Å². The number of anilines is 1. The molecular weight excluding hydrogens is 206 g/mol. The largest absolute Gasteiger partial charge is 0.311 e. The monoisotopic (exact) mass is 217 g/mol. The first kappa shape index (κ1) is 8.85. The molecule has 3 rings (SSSR count). The van der Waals surface area contributed by atoms with E-state index in [1.807, 2.05) is 0 Å². The van der Waals surface area contributed by atoms with E-state index in [0.717, 1.165) is 11.4 Å². The molecule has 0 spiro atoms. The fourth-order valence-corrected chi connectivity index (χ4v) is 2.94. The standard InChI is InChI=1S/C11H11N3S/c1-7-11-10(13-12-7)8-5-3-4-6-9(8)15-14(11)2/h3-6H,1-2H3,(H,12,13). The van der Waals surface area contributed by atoms with Crippen molar-refractivity contribution in [1.82, 2.24) is 10.2 Å². The SMILES string of the molecule is Cc1[nH]nc2c1N(C)Sc1ccccc1-2. The number of hydrogen-bond donors (Lipinski definition) is 1. The molecule has 0 aliphatic carbocycles. The third-order valence-corrected chi connectivity index (χ3v) is 3.62. The normalized spacial score (nSPS) is 13.6. The molecule has 0 saturated heterocycles. The molecule has 1 aliphatic heterocycles. The Labute approximate surface area is 92.6 Å². The van der Waals surface area contributed by atoms with Gasteiger partial charge in [-0.2, -0.15) is 5.10 Å². The van der Waals surface area contributed by atoms with E-state index in [9.17, 15) is 0 Å². The van der Waals surface area contributed by atoms with Crippen LogP contribution in [0.5, 0.6) is 0 Å². The fraction of sp³-hybridized carbons (Fsp3) is 0.182. The summed E-state index contributed by atoms with van der Waals surface area (Å²) in [6, 6.07) is 8.36. The zero-order chi connectivity index (χ0) is 10.4. The molecule has 4 heteroatoms. The maximum absolute atomic E-state index is 4.37. The molecule has 0 amide bonds. The van der Waals surface area contributed by atoms with Gasteiger partial charge in [0.05, 0.1) is 11.4 Å². The molecule has 1 N–H and O–H groups in total. The molecule has 0 fully saturated rings. The zero-order valence-electron chi connectivity index (χ0n) is 8.61. The number of nitrogens with one attached hydrogen (secondary N) is 1. The Bertz CT molecular complexity index is 518. The third kappa shape index (κ3) is 1.18. The first-order valence-electron chi connectivity index (χ1n) is 4.83. The number of hydrogen-bond acceptors (Lipinski definition) is 3. The van der Waals surface area contributed by atoms with Crippen molar-refractivity contribution < 1.29 is 0 Å². The molecule has 15 heavy (non-hydrogen) atoms. The maximum Gasteiger partial charge on any atom is 0.118 e. The second-order valence-corrected chi connectivity index (χ2v) is 4.80. The average Bonchev–Trinajstić information content (AvgIpc) is 2.62. The number of H-pyrrole nitrogens is 1. The summed E-state index contributed by atoms with van der Waals surface area (Å²) >= 11 is 1.75. The molecule has 3 nitrogen and oxygen atoms in total. The molecule has 1 aromatic carbocycles. The van der Waals surface area contributed by atoms with Crippen molar-refractivity contribution in [3.05, 3.63) is 30.0 Å². The second-order valence-electron chi connectivity index (χ2n) is 3.63. The van der Waals surface area contributed by atoms with Crippen molar-refractivity contribution in [2.24, 2.45) is 0 Å². The molecule has 0 atom stereocenters. The van der Waals surface area contributed by atoms with Crippen LogP contribution < -0.4 is 4.31 Å². The summed E-state index contributed by atoms with van der Waals surface area (Å²) in [6.45, 7) is 2.05. The number of rotatable bonds is 0. The smallest absolute Gasteiger partial charge is 0.118 e. The Morgan fingerprint density at radius 3 is 3.00 bits per heavy atom. The van der Waals surface area contributed by atoms with Gasteiger partial charge in [0.25, 0.3) is 0 Å². The lowest BCUT2D eigenvalue weighted by Gasteiger charge is -2.24. The summed E-state index contributed by atoms with van der Waals surface area (Å²) in [5, 5.41) is 7.41. The molecule has 1 aliphatic rings. The van der Waals surface area contributed by atoms with E-state index in [-0.39, 0.29) is 0 Å². The highest BCUT2D eigenvalue weighted by atomic mass is 32.2. The molecular formula is C11H11N3S. The average molecular weight is 217 g/mol. The van der Waals surface area contributed by atoms with Gasteiger partial charge < -0.3 is 4.31 Å². The molecule has 76 valence electrons. The molecule has 2 heterocycles. The predicted octanol–water partition coefficient (Wildman–Crippen LogP) is 2.84. The van der Waals surface area contributed by atoms with Crippen molar-refractivity contribution >= 4 is 17.6 Å². The Kier molecular flexibility index (Phi) is 1.79. The Balaban J connectivity index is 2.30. The van der Waals surface area contributed by atoms with E-state index in [0.29, 0.717) is 0 Å². The minimum absolute atomic E-state index is 1.06. The van der Waals surface area contributed by atoms with Crippen LogP contribution in [-0.2, 0) is 0 Å². The van der Waals surface area contributed by atoms with Crippen molar-refractivity contribution in [2.45, 2.75) is 11.8 Å². The van der Waals surface area contributed by atoms with E-state index < -0.39 is 0 Å². The molecule has 0 radical (unpaired) electrons. The van der Waals surface area contributed by atoms with Crippen LogP contribution in [-0.4, -0.2) is 17.2 Å². The van der Waals surface area contributed by atoms with Gasteiger partial charge in [-0.05, 0) is 24.9 Å². The number of aromatic nitrogens is 2. The van der Waals surface area contributed by atoms with E-state index in [1.54, 1.807) is 11.9 Å². The minimum atomic E-state index is 1.06. The fourth-order valence-electron chi connectivity index (χ4n) is 1.93. The van der Waals surface area contributed by atoms with Gasteiger partial charge in [0, 0.05) is 17.5 Å². The highest BCUT2D eigenvalue weighted by molar-refractivity contribution is 8.00. The van der Waals surface area contributed by atoms with E-state index in [2.05, 4.69) is 52.7 Å². The summed E-state index contributed by atoms with van der Waals surface area (Å²) in [4.78, 5) is 1.26. The van der Waals surface area contributed by atoms with E-state index in [4.69, 9.17) is 0 Å². The van der Waals surface area contributed by atoms with Gasteiger partial charge >= 0.3 is 0 Å². The summed E-state index contributed by atoms with van der Waals surface area (Å²) < 4.78 is 2.16. The first-order chi connectivity index (χ1) is 7.27. The number of fused-ring (bicyclic) bond motifs is 3. The highest BCUT2D eigenvalue weighted by Gasteiger charge is 2.24. The molecule has 2 aromatic rings. The second kappa shape index (κ2) is 3.03. The number of benzene rings is 1. The lowest BCUT2D eigenvalue weighted by Crippen LogP contribution is -2.11. The van der Waals surface area contributed by atoms with Crippen molar-refractivity contribution in [3.8, 4) is 11.3 Å². The Morgan fingerprint density at radius 1 is 1.33 bits per heavy atom. The van der Waals surface area contributed by atoms with Crippen molar-refractivity contribution in [1.29, 1.82) is 0 Å². The third-order valence-electron chi connectivity index (χ3n) is 2.61. The van der Waals surface area contributed by atoms with Crippen molar-refractivity contribution in [3.63, 3.8) is 0 Å². The van der Waals surface area contributed by atoms with E-state index in [1.165, 1.54) is 16.1 Å². The topological polar surface area (TPSA) is 31.9 Å². The quantitative estimate of drug-likeness (QED) is 0.689. The summed E-state index contributed by atoms with van der Waals surface area (Å²) in [5.74, 6) is 0. The van der Waals surface area contributed by atoms with Crippen LogP contribution in [0.3, 0.4) is 0 Å². The van der Waals surface area contributed by atoms with Gasteiger partial charge in [-0.1, -0.05) is 18.2 Å². The van der Waals surface area contributed by atoms with Gasteiger partial charge in [0.1, 0.15) is 5.69 Å². The Hall–Kier alpha value is -1.42. The highest BCUT2D eigenvalue weighted by Crippen LogP contribution is 2.45. The number of nitrogens with zero attached hydrogens (tertiary/aromatic N) is 2. The van der Waals surface area contributed by atoms with Gasteiger partial charge in [-0.15, -0.1) is 0 Å². The lowest BCUT2D eigenvalue weighted by molar-refractivity contribution is 1.05. The van der Waals surface area contributed by atoms with E-state index >= 15 is 0 Å². The minimum Gasteiger partial charge on any atom is -0.311 e. The van der Waals surface area contributed by atoms with Crippen LogP contribution >= 0.6 is 11.9 Å². The van der Waals surface area contributed by atoms with Crippen LogP contribution in [0.1, 0.15) is 5.69 Å². The van der Waals surface area contributed by atoms with Gasteiger partial charge in [-0.25, -0.2) is 0 Å². The molecule has 0 unspecified atom stereocenters. The van der Waals surface area contributed by atoms with Crippen LogP contribution in [0, 0.1) is 6.92 Å². The maximum atomic E-state index is 4.37. The molecule has 0 saturated carbocycles. The molecule has 0 bridgehead atoms. The Morgan fingerprint density at radius 2 is 2.13 bits per heavy atom. The zero-order valence-corrected chi connectivity index (χ0v) is 9.43. The van der Waals surface area contributed by atoms with Crippen LogP contribution in [0.25, 0.3) is 11.3 Å². The summed E-state index contributed by atoms with van der Waals surface area (Å²) in [6.07, 6.45) is 0. The van der Waals surface area contributed by atoms with Gasteiger partial charge in [0.2, 0.25) is 0 Å². The summed E-state index contributed by atoms with van der Waals surface area (Å²) in [5.41, 5.74) is 4.59. The number of aryl methyl sites for hydroxylation is 1. The van der Waals surface area contributed by atoms with Gasteiger partial charge in [0.15, 0.2) is 0 Å². The lowest BCUT2D eigenvalue weighted by atomic mass is 10.1. The van der Waals surface area contributed by atoms with Crippen LogP contribution in [0.15, 0.2) is 29.2 Å². The number of aromatic amines is 1.